The molecule has 3 rings (SSSR count). The van der Waals surface area contributed by atoms with Gasteiger partial charge < -0.3 is 20.9 Å². The van der Waals surface area contributed by atoms with Crippen LogP contribution in [0.2, 0.25) is 0 Å². The first-order valence-corrected chi connectivity index (χ1v) is 11.9. The third kappa shape index (κ3) is 4.91. The molecule has 3 unspecified atom stereocenters. The van der Waals surface area contributed by atoms with Crippen LogP contribution in [0.25, 0.3) is 0 Å². The molecule has 28 heavy (non-hydrogen) atoms. The first kappa shape index (κ1) is 20.8. The lowest BCUT2D eigenvalue weighted by molar-refractivity contribution is -0.134. The topological polar surface area (TPSA) is 37.4 Å². The van der Waals surface area contributed by atoms with Gasteiger partial charge in [0.25, 0.3) is 0 Å². The molecular formula is C23H26NO2S2-. The number of thioether (sulfide) groups is 1. The summed E-state index contributed by atoms with van der Waals surface area (Å²) in [5.41, 5.74) is 7.18. The van der Waals surface area contributed by atoms with Crippen molar-refractivity contribution in [2.45, 2.75) is 36.5 Å². The Balaban J connectivity index is 1.56. The van der Waals surface area contributed by atoms with E-state index in [0.717, 1.165) is 11.3 Å². The summed E-state index contributed by atoms with van der Waals surface area (Å²) in [6, 6.07) is 19.5. The number of carbonyl (C=O) groups excluding carboxylic acids is 2. The van der Waals surface area contributed by atoms with E-state index >= 15 is 0 Å². The summed E-state index contributed by atoms with van der Waals surface area (Å²) >= 11 is 1.22. The van der Waals surface area contributed by atoms with Gasteiger partial charge in [-0.25, -0.2) is 0 Å². The van der Waals surface area contributed by atoms with E-state index in [-0.39, 0.29) is 38.5 Å². The maximum atomic E-state index is 13.0. The molecule has 0 radical (unpaired) electrons. The highest BCUT2D eigenvalue weighted by molar-refractivity contribution is 8.14. The quantitative estimate of drug-likeness (QED) is 0.696. The molecule has 1 heterocycles. The number of amides is 1. The Morgan fingerprint density at radius 1 is 1.14 bits per heavy atom. The van der Waals surface area contributed by atoms with Gasteiger partial charge in [-0.05, 0) is 13.3 Å². The van der Waals surface area contributed by atoms with Gasteiger partial charge >= 0.3 is 0 Å². The minimum Gasteiger partial charge on any atom is -0.425 e. The van der Waals surface area contributed by atoms with Gasteiger partial charge in [0.2, 0.25) is 11.0 Å². The van der Waals surface area contributed by atoms with Crippen LogP contribution in [0.1, 0.15) is 30.6 Å². The fraction of sp³-hybridized carbons (Fsp3) is 0.348. The second kappa shape index (κ2) is 9.51. The molecule has 0 N–H and O–H groups in total. The largest absolute Gasteiger partial charge is 0.425 e. The monoisotopic (exact) mass is 412 g/mol. The molecule has 3 nitrogen and oxygen atoms in total. The summed E-state index contributed by atoms with van der Waals surface area (Å²) in [5, 5.41) is 0.298. The summed E-state index contributed by atoms with van der Waals surface area (Å²) in [6.45, 7) is 4.69. The van der Waals surface area contributed by atoms with E-state index in [1.54, 1.807) is 12.1 Å². The van der Waals surface area contributed by atoms with Gasteiger partial charge in [-0.3, -0.25) is 9.59 Å². The van der Waals surface area contributed by atoms with Crippen molar-refractivity contribution < 1.29 is 9.59 Å². The van der Waals surface area contributed by atoms with Gasteiger partial charge in [0.15, 0.2) is 0 Å². The predicted molar refractivity (Wildman–Crippen MR) is 119 cm³/mol. The number of nitrogens with zero attached hydrogens (tertiary/aromatic N) is 1. The minimum atomic E-state index is -0.369. The second-order valence-electron chi connectivity index (χ2n) is 7.25. The van der Waals surface area contributed by atoms with Crippen LogP contribution in [0.5, 0.6) is 0 Å². The van der Waals surface area contributed by atoms with Crippen LogP contribution < -0.4 is 0 Å². The van der Waals surface area contributed by atoms with Crippen molar-refractivity contribution >= 4 is 33.1 Å². The molecule has 0 spiro atoms. The fourth-order valence-corrected chi connectivity index (χ4v) is 5.97. The minimum absolute atomic E-state index is 0.0141. The summed E-state index contributed by atoms with van der Waals surface area (Å²) in [4.78, 5) is 28.4. The molecule has 1 saturated heterocycles. The highest BCUT2D eigenvalue weighted by Crippen LogP contribution is 2.27. The summed E-state index contributed by atoms with van der Waals surface area (Å²) in [6.07, 6.45) is 0.920. The lowest BCUT2D eigenvalue weighted by Crippen LogP contribution is -2.39. The van der Waals surface area contributed by atoms with Gasteiger partial charge in [0, 0.05) is 29.8 Å². The molecular weight excluding hydrogens is 386 g/mol. The Kier molecular flexibility index (Phi) is 7.06. The van der Waals surface area contributed by atoms with Crippen molar-refractivity contribution in [2.24, 2.45) is 5.92 Å². The molecule has 0 aliphatic carbocycles. The zero-order valence-electron chi connectivity index (χ0n) is 16.3. The third-order valence-corrected chi connectivity index (χ3v) is 8.13. The third-order valence-electron chi connectivity index (χ3n) is 5.09. The van der Waals surface area contributed by atoms with Gasteiger partial charge in [0.1, 0.15) is 0 Å². The normalized spacial score (nSPS) is 20.3. The maximum Gasteiger partial charge on any atom is 0.226 e. The van der Waals surface area contributed by atoms with Crippen molar-refractivity contribution in [3.05, 3.63) is 66.2 Å². The Labute approximate surface area is 174 Å². The lowest BCUT2D eigenvalue weighted by atomic mass is 10.1. The van der Waals surface area contributed by atoms with Crippen LogP contribution in [-0.4, -0.2) is 39.5 Å². The molecule has 0 aromatic heterocycles. The first-order valence-electron chi connectivity index (χ1n) is 9.52. The van der Waals surface area contributed by atoms with Crippen LogP contribution in [0.15, 0.2) is 65.6 Å². The van der Waals surface area contributed by atoms with E-state index in [9.17, 15) is 9.59 Å². The van der Waals surface area contributed by atoms with E-state index in [2.05, 4.69) is 19.1 Å². The van der Waals surface area contributed by atoms with Crippen LogP contribution in [-0.2, 0) is 15.1 Å². The maximum absolute atomic E-state index is 13.0. The van der Waals surface area contributed by atoms with Crippen molar-refractivity contribution in [1.29, 1.82) is 0 Å². The molecule has 1 amide bonds. The molecule has 0 saturated carbocycles. The average Bonchev–Trinajstić information content (AvgIpc) is 3.13. The van der Waals surface area contributed by atoms with Gasteiger partial charge in [-0.1, -0.05) is 84.6 Å². The number of hydrogen-bond acceptors (Lipinski definition) is 4. The molecule has 1 fully saturated rings. The smallest absolute Gasteiger partial charge is 0.226 e. The van der Waals surface area contributed by atoms with E-state index < -0.39 is 0 Å². The number of hydrogen-bond donors (Lipinski definition) is 0. The SMILES string of the molecule is C#[S-](c1ccccc1)C1CC(C)N(C(=O)C(C)CSC(=O)c2ccccc2)C1. The zero-order valence-corrected chi connectivity index (χ0v) is 17.9. The van der Waals surface area contributed by atoms with Crippen LogP contribution in [0, 0.1) is 11.6 Å². The first-order chi connectivity index (χ1) is 13.5. The molecule has 1 aliphatic heterocycles. The summed E-state index contributed by atoms with van der Waals surface area (Å²) in [5.74, 6) is 0.413. The second-order valence-corrected chi connectivity index (χ2v) is 10.1. The summed E-state index contributed by atoms with van der Waals surface area (Å²) in [7, 11) is -0.369. The van der Waals surface area contributed by atoms with Crippen molar-refractivity contribution in [2.75, 3.05) is 12.3 Å². The molecule has 3 atom stereocenters. The molecule has 2 aromatic carbocycles. The Morgan fingerprint density at radius 3 is 2.39 bits per heavy atom. The van der Waals surface area contributed by atoms with E-state index in [4.69, 9.17) is 5.69 Å². The van der Waals surface area contributed by atoms with Crippen molar-refractivity contribution in [1.82, 2.24) is 4.90 Å². The van der Waals surface area contributed by atoms with E-state index in [0.29, 0.717) is 17.9 Å². The van der Waals surface area contributed by atoms with E-state index in [1.165, 1.54) is 11.8 Å². The average molecular weight is 413 g/mol. The van der Waals surface area contributed by atoms with Gasteiger partial charge in [-0.15, -0.1) is 4.90 Å². The Bertz CT molecular complexity index is 889. The highest BCUT2D eigenvalue weighted by Gasteiger charge is 2.32. The molecule has 2 aromatic rings. The van der Waals surface area contributed by atoms with Crippen LogP contribution >= 0.6 is 11.8 Å². The number of rotatable bonds is 4. The molecule has 148 valence electrons. The van der Waals surface area contributed by atoms with E-state index in [1.807, 2.05) is 48.2 Å². The number of benzene rings is 2. The molecule has 1 aliphatic rings. The predicted octanol–water partition coefficient (Wildman–Crippen LogP) is 4.45. The zero-order chi connectivity index (χ0) is 20.1. The van der Waals surface area contributed by atoms with Crippen LogP contribution in [0.4, 0.5) is 0 Å². The van der Waals surface area contributed by atoms with Crippen molar-refractivity contribution in [3.8, 4) is 5.69 Å². The highest BCUT2D eigenvalue weighted by atomic mass is 32.2. The number of carbonyl (C=O) groups is 2. The molecule has 0 bridgehead atoms. The Morgan fingerprint density at radius 2 is 1.75 bits per heavy atom. The van der Waals surface area contributed by atoms with Gasteiger partial charge in [0.05, 0.1) is 0 Å². The molecule has 5 heteroatoms. The standard InChI is InChI=1S/C23H26NO2S2/c1-17(16-27-23(26)19-10-6-4-7-11-19)22(25)24-15-21(14-18(24)2)28(3)20-12-8-5-9-13-20/h3-13,17-18,21H,14-16H2,1-2H3/q-1. The van der Waals surface area contributed by atoms with Crippen LogP contribution in [0.3, 0.4) is 0 Å². The fourth-order valence-electron chi connectivity index (χ4n) is 3.46. The van der Waals surface area contributed by atoms with Crippen molar-refractivity contribution in [3.63, 3.8) is 0 Å². The number of likely N-dealkylation sites (tertiary alicyclic amines) is 1. The summed E-state index contributed by atoms with van der Waals surface area (Å²) < 4.78 is 0. The Hall–Kier alpha value is -1.94. The van der Waals surface area contributed by atoms with Gasteiger partial charge in [-0.2, -0.15) is 0 Å². The lowest BCUT2D eigenvalue weighted by Gasteiger charge is -2.28.